The Balaban J connectivity index is 0.000000281. The van der Waals surface area contributed by atoms with E-state index >= 15 is 0 Å². The molecule has 0 amide bonds. The molecule has 0 spiro atoms. The maximum Gasteiger partial charge on any atom is 0.200 e. The molecule has 0 heterocycles. The van der Waals surface area contributed by atoms with Crippen molar-refractivity contribution in [2.24, 2.45) is 0 Å². The number of hydrogen-bond donors (Lipinski definition) is 0. The lowest BCUT2D eigenvalue weighted by molar-refractivity contribution is 0.359. The lowest BCUT2D eigenvalue weighted by Gasteiger charge is -2.02. The number of halogens is 16. The van der Waals surface area contributed by atoms with Gasteiger partial charge in [0, 0.05) is 19.5 Å². The molecule has 17 heteroatoms. The molecule has 228 valence electrons. The van der Waals surface area contributed by atoms with Crippen LogP contribution in [0, 0.1) is 69.8 Å². The van der Waals surface area contributed by atoms with Gasteiger partial charge in [-0.15, -0.1) is 0 Å². The van der Waals surface area contributed by atoms with Crippen LogP contribution in [0.15, 0.2) is 60.4 Å². The molecule has 4 aromatic carbocycles. The van der Waals surface area contributed by atoms with Crippen LogP contribution in [0.2, 0.25) is 0 Å². The van der Waals surface area contributed by atoms with E-state index in [0.29, 0.717) is 8.95 Å². The number of hydrogen-bond acceptors (Lipinski definition) is 1. The van der Waals surface area contributed by atoms with Crippen molar-refractivity contribution in [3.8, 4) is 5.75 Å². The van der Waals surface area contributed by atoms with Gasteiger partial charge in [0.25, 0.3) is 0 Å². The Morgan fingerprint density at radius 2 is 0.714 bits per heavy atom. The van der Waals surface area contributed by atoms with E-state index in [1.807, 2.05) is 0 Å². The first-order chi connectivity index (χ1) is 19.4. The SMILES string of the molecule is COc1c(F)cc(Br)cc1F.Fc1c(F)c(F)c(Br)c(F)c1F.Fc1cc(Br)cc(F)c1F.Fc1cc(F)cc(Br)c1. The van der Waals surface area contributed by atoms with Gasteiger partial charge in [0.1, 0.15) is 11.6 Å². The van der Waals surface area contributed by atoms with Crippen molar-refractivity contribution in [1.29, 1.82) is 0 Å². The van der Waals surface area contributed by atoms with Crippen LogP contribution in [0.5, 0.6) is 5.75 Å². The summed E-state index contributed by atoms with van der Waals surface area (Å²) < 4.78 is 152. The van der Waals surface area contributed by atoms with Gasteiger partial charge in [0.15, 0.2) is 58.1 Å². The molecule has 0 saturated carbocycles. The minimum atomic E-state index is -2.16. The zero-order valence-electron chi connectivity index (χ0n) is 20.0. The number of rotatable bonds is 1. The van der Waals surface area contributed by atoms with E-state index in [0.717, 1.165) is 30.3 Å². The lowest BCUT2D eigenvalue weighted by Crippen LogP contribution is -2.01. The largest absolute Gasteiger partial charge is 0.491 e. The monoisotopic (exact) mass is 870 g/mol. The summed E-state index contributed by atoms with van der Waals surface area (Å²) in [6.45, 7) is 0. The van der Waals surface area contributed by atoms with Gasteiger partial charge in [-0.3, -0.25) is 0 Å². The Kier molecular flexibility index (Phi) is 15.4. The third kappa shape index (κ3) is 11.1. The van der Waals surface area contributed by atoms with E-state index in [1.54, 1.807) is 0 Å². The Morgan fingerprint density at radius 3 is 1.05 bits per heavy atom. The molecule has 0 aliphatic heterocycles. The minimum Gasteiger partial charge on any atom is -0.491 e. The van der Waals surface area contributed by atoms with E-state index in [1.165, 1.54) is 19.2 Å². The van der Waals surface area contributed by atoms with Gasteiger partial charge < -0.3 is 4.74 Å². The first-order valence-corrected chi connectivity index (χ1v) is 13.3. The molecular weight excluding hydrogens is 864 g/mol. The Morgan fingerprint density at radius 1 is 0.405 bits per heavy atom. The van der Waals surface area contributed by atoms with Crippen LogP contribution in [0.25, 0.3) is 0 Å². The molecule has 0 saturated heterocycles. The van der Waals surface area contributed by atoms with Gasteiger partial charge in [-0.1, -0.05) is 47.8 Å². The fraction of sp³-hybridized carbons (Fsp3) is 0.0400. The fourth-order valence-electron chi connectivity index (χ4n) is 2.35. The van der Waals surface area contributed by atoms with E-state index < -0.39 is 74.3 Å². The van der Waals surface area contributed by atoms with E-state index in [4.69, 9.17) is 0 Å². The van der Waals surface area contributed by atoms with Gasteiger partial charge in [-0.25, -0.2) is 52.7 Å². The molecule has 0 aromatic heterocycles. The van der Waals surface area contributed by atoms with Crippen LogP contribution in [0.1, 0.15) is 0 Å². The average molecular weight is 874 g/mol. The van der Waals surface area contributed by atoms with Crippen molar-refractivity contribution < 1.29 is 57.4 Å². The highest BCUT2D eigenvalue weighted by atomic mass is 79.9. The normalized spacial score (nSPS) is 10.0. The smallest absolute Gasteiger partial charge is 0.200 e. The topological polar surface area (TPSA) is 9.23 Å². The first kappa shape index (κ1) is 37.8. The summed E-state index contributed by atoms with van der Waals surface area (Å²) in [5.41, 5.74) is 0. The van der Waals surface area contributed by atoms with Gasteiger partial charge in [0.2, 0.25) is 5.82 Å². The molecular formula is C25H10Br4F12O. The van der Waals surface area contributed by atoms with Crippen molar-refractivity contribution in [3.05, 3.63) is 130 Å². The van der Waals surface area contributed by atoms with Gasteiger partial charge >= 0.3 is 0 Å². The molecule has 4 rings (SSSR count). The number of benzene rings is 4. The van der Waals surface area contributed by atoms with E-state index in [2.05, 4.69) is 68.5 Å². The summed E-state index contributed by atoms with van der Waals surface area (Å²) in [7, 11) is 1.22. The summed E-state index contributed by atoms with van der Waals surface area (Å²) in [6.07, 6.45) is 0. The lowest BCUT2D eigenvalue weighted by atomic mass is 10.3. The number of methoxy groups -OCH3 is 1. The second-order valence-corrected chi connectivity index (χ2v) is 10.6. The van der Waals surface area contributed by atoms with Gasteiger partial charge in [-0.05, 0) is 52.3 Å². The maximum absolute atomic E-state index is 12.7. The van der Waals surface area contributed by atoms with Crippen molar-refractivity contribution in [2.75, 3.05) is 7.11 Å². The van der Waals surface area contributed by atoms with Crippen LogP contribution in [0.4, 0.5) is 52.7 Å². The van der Waals surface area contributed by atoms with Crippen molar-refractivity contribution >= 4 is 63.7 Å². The van der Waals surface area contributed by atoms with Gasteiger partial charge in [-0.2, -0.15) is 0 Å². The van der Waals surface area contributed by atoms with E-state index in [9.17, 15) is 52.7 Å². The molecule has 0 radical (unpaired) electrons. The molecule has 0 unspecified atom stereocenters. The molecule has 0 N–H and O–H groups in total. The van der Waals surface area contributed by atoms with Crippen LogP contribution < -0.4 is 4.74 Å². The molecule has 0 bridgehead atoms. The fourth-order valence-corrected chi connectivity index (χ4v) is 3.94. The molecule has 42 heavy (non-hydrogen) atoms. The molecule has 1 nitrogen and oxygen atoms in total. The zero-order chi connectivity index (χ0) is 32.5. The predicted octanol–water partition coefficient (Wildman–Crippen LogP) is 11.5. The average Bonchev–Trinajstić information content (AvgIpc) is 2.88. The van der Waals surface area contributed by atoms with Crippen LogP contribution in [-0.4, -0.2) is 7.11 Å². The highest BCUT2D eigenvalue weighted by Crippen LogP contribution is 2.27. The maximum atomic E-state index is 12.7. The molecule has 0 aliphatic carbocycles. The van der Waals surface area contributed by atoms with Crippen molar-refractivity contribution in [3.63, 3.8) is 0 Å². The standard InChI is InChI=1S/C7H5BrF2O.C6BrF5.C6H2BrF3.C6H3BrF2/c1-11-7-5(9)2-4(8)3-6(7)10;7-1-2(8)4(10)6(12)5(11)3(1)9;7-3-1-4(8)6(10)5(9)2-3;7-4-1-5(8)3-6(9)2-4/h2-3H,1H3;;1-2H;1-3H. The zero-order valence-corrected chi connectivity index (χ0v) is 26.3. The highest BCUT2D eigenvalue weighted by molar-refractivity contribution is 9.11. The molecule has 4 aromatic rings. The molecule has 0 fully saturated rings. The quantitative estimate of drug-likeness (QED) is 0.105. The van der Waals surface area contributed by atoms with Crippen molar-refractivity contribution in [1.82, 2.24) is 0 Å². The second-order valence-electron chi connectivity index (χ2n) is 7.06. The Bertz CT molecular complexity index is 1350. The minimum absolute atomic E-state index is 0.184. The predicted molar refractivity (Wildman–Crippen MR) is 143 cm³/mol. The molecule has 0 aliphatic rings. The molecule has 0 atom stereocenters. The third-order valence-electron chi connectivity index (χ3n) is 4.10. The summed E-state index contributed by atoms with van der Waals surface area (Å²) in [4.78, 5) is 0. The van der Waals surface area contributed by atoms with Crippen molar-refractivity contribution in [2.45, 2.75) is 0 Å². The first-order valence-electron chi connectivity index (χ1n) is 10.2. The highest BCUT2D eigenvalue weighted by Gasteiger charge is 2.23. The van der Waals surface area contributed by atoms with Crippen LogP contribution >= 0.6 is 63.7 Å². The van der Waals surface area contributed by atoms with E-state index in [-0.39, 0.29) is 10.2 Å². The summed E-state index contributed by atoms with van der Waals surface area (Å²) in [5.74, 6) is -16.5. The summed E-state index contributed by atoms with van der Waals surface area (Å²) in [6, 6.07) is 7.22. The van der Waals surface area contributed by atoms with Crippen LogP contribution in [-0.2, 0) is 0 Å². The Labute approximate surface area is 263 Å². The van der Waals surface area contributed by atoms with Gasteiger partial charge in [0.05, 0.1) is 11.6 Å². The third-order valence-corrected chi connectivity index (χ3v) is 6.17. The summed E-state index contributed by atoms with van der Waals surface area (Å²) >= 11 is 10.9. The summed E-state index contributed by atoms with van der Waals surface area (Å²) in [5, 5.41) is 0. The second kappa shape index (κ2) is 17.2. The number of ether oxygens (including phenoxy) is 1. The van der Waals surface area contributed by atoms with Crippen LogP contribution in [0.3, 0.4) is 0 Å². The Hall–Kier alpha value is -2.24.